The Bertz CT molecular complexity index is 843. The van der Waals surface area contributed by atoms with Gasteiger partial charge in [-0.1, -0.05) is 20.8 Å². The molecule has 3 rings (SSSR count). The molecule has 3 N–H and O–H groups in total. The number of nitrogens with one attached hydrogen (secondary N) is 1. The van der Waals surface area contributed by atoms with Gasteiger partial charge in [0.05, 0.1) is 17.7 Å². The highest BCUT2D eigenvalue weighted by Crippen LogP contribution is 2.45. The highest BCUT2D eigenvalue weighted by atomic mass is 16.5. The van der Waals surface area contributed by atoms with Gasteiger partial charge >= 0.3 is 0 Å². The fraction of sp³-hybridized carbons (Fsp3) is 0.471. The lowest BCUT2D eigenvalue weighted by Gasteiger charge is -2.26. The van der Waals surface area contributed by atoms with Crippen molar-refractivity contribution in [3.8, 4) is 11.9 Å². The van der Waals surface area contributed by atoms with Crippen LogP contribution in [0.3, 0.4) is 0 Å². The van der Waals surface area contributed by atoms with Gasteiger partial charge in [0.2, 0.25) is 11.8 Å². The van der Waals surface area contributed by atoms with Gasteiger partial charge in [0.15, 0.2) is 0 Å². The molecule has 0 unspecified atom stereocenters. The average Bonchev–Trinajstić information content (AvgIpc) is 3.11. The van der Waals surface area contributed by atoms with E-state index in [2.05, 4.69) is 56.0 Å². The second-order valence-electron chi connectivity index (χ2n) is 7.34. The number of ether oxygens (including phenoxy) is 1. The molecule has 2 aromatic rings. The number of fused-ring (bicyclic) bond motifs is 1. The van der Waals surface area contributed by atoms with E-state index in [1.165, 1.54) is 0 Å². The van der Waals surface area contributed by atoms with Crippen LogP contribution in [-0.4, -0.2) is 20.0 Å². The summed E-state index contributed by atoms with van der Waals surface area (Å²) in [6.07, 6.45) is 3.73. The quantitative estimate of drug-likeness (QED) is 0.882. The molecular formula is C17H22N6O. The maximum absolute atomic E-state index is 9.64. The summed E-state index contributed by atoms with van der Waals surface area (Å²) in [6, 6.07) is 2.43. The summed E-state index contributed by atoms with van der Waals surface area (Å²) in [4.78, 5) is 0. The van der Waals surface area contributed by atoms with E-state index in [4.69, 9.17) is 10.5 Å². The van der Waals surface area contributed by atoms with Gasteiger partial charge in [0.25, 0.3) is 0 Å². The van der Waals surface area contributed by atoms with Crippen LogP contribution in [0.5, 0.6) is 5.88 Å². The number of hydrogen-bond acceptors (Lipinski definition) is 5. The summed E-state index contributed by atoms with van der Waals surface area (Å²) in [5, 5.41) is 21.4. The van der Waals surface area contributed by atoms with Gasteiger partial charge in [-0.05, 0) is 13.8 Å². The Labute approximate surface area is 141 Å². The third-order valence-corrected chi connectivity index (χ3v) is 4.17. The van der Waals surface area contributed by atoms with Crippen molar-refractivity contribution in [1.29, 1.82) is 5.26 Å². The topological polar surface area (TPSA) is 106 Å². The molecule has 2 aromatic heterocycles. The summed E-state index contributed by atoms with van der Waals surface area (Å²) in [5.74, 6) is 0.192. The van der Waals surface area contributed by atoms with Crippen molar-refractivity contribution in [3.05, 3.63) is 40.7 Å². The van der Waals surface area contributed by atoms with Crippen molar-refractivity contribution in [2.75, 3.05) is 0 Å². The van der Waals surface area contributed by atoms with Crippen LogP contribution in [0, 0.1) is 11.3 Å². The second kappa shape index (κ2) is 5.41. The van der Waals surface area contributed by atoms with Gasteiger partial charge in [-0.2, -0.15) is 10.4 Å². The molecule has 0 aliphatic carbocycles. The van der Waals surface area contributed by atoms with E-state index in [1.807, 2.05) is 10.9 Å². The van der Waals surface area contributed by atoms with E-state index in [-0.39, 0.29) is 23.3 Å². The van der Waals surface area contributed by atoms with Crippen molar-refractivity contribution in [2.45, 2.75) is 52.0 Å². The maximum atomic E-state index is 9.64. The molecule has 0 saturated heterocycles. The number of aromatic amines is 1. The predicted octanol–water partition coefficient (Wildman–Crippen LogP) is 2.70. The van der Waals surface area contributed by atoms with E-state index < -0.39 is 0 Å². The third kappa shape index (κ3) is 2.44. The highest BCUT2D eigenvalue weighted by Gasteiger charge is 2.38. The van der Waals surface area contributed by atoms with E-state index in [1.54, 1.807) is 6.20 Å². The summed E-state index contributed by atoms with van der Waals surface area (Å²) in [5.41, 5.74) is 8.87. The number of aromatic nitrogens is 4. The van der Waals surface area contributed by atoms with Crippen LogP contribution in [0.2, 0.25) is 0 Å². The first-order valence-electron chi connectivity index (χ1n) is 7.94. The first-order valence-corrected chi connectivity index (χ1v) is 7.94. The van der Waals surface area contributed by atoms with Crippen molar-refractivity contribution in [3.63, 3.8) is 0 Å². The number of nitriles is 1. The summed E-state index contributed by atoms with van der Waals surface area (Å²) < 4.78 is 7.45. The van der Waals surface area contributed by atoms with Crippen LogP contribution in [0.1, 0.15) is 63.4 Å². The monoisotopic (exact) mass is 326 g/mol. The zero-order chi connectivity index (χ0) is 17.6. The standard InChI is InChI=1S/C17H22N6O/c1-9(2)23-8-10(7-20-23)12-11(6-18)15(19)24-16-13(12)14(21-22-16)17(3,4)5/h7-9,12H,19H2,1-5H3,(H,21,22)/t12-/m1/s1. The first kappa shape index (κ1) is 16.1. The molecule has 0 radical (unpaired) electrons. The Morgan fingerprint density at radius 3 is 2.67 bits per heavy atom. The predicted molar refractivity (Wildman–Crippen MR) is 89.2 cm³/mol. The Morgan fingerprint density at radius 2 is 2.12 bits per heavy atom. The fourth-order valence-corrected chi connectivity index (χ4v) is 2.93. The Balaban J connectivity index is 2.22. The molecule has 0 amide bonds. The van der Waals surface area contributed by atoms with E-state index >= 15 is 0 Å². The summed E-state index contributed by atoms with van der Waals surface area (Å²) >= 11 is 0. The molecule has 24 heavy (non-hydrogen) atoms. The molecule has 0 fully saturated rings. The fourth-order valence-electron chi connectivity index (χ4n) is 2.93. The van der Waals surface area contributed by atoms with Gasteiger partial charge < -0.3 is 10.5 Å². The van der Waals surface area contributed by atoms with Crippen LogP contribution in [0.25, 0.3) is 0 Å². The lowest BCUT2D eigenvalue weighted by molar-refractivity contribution is 0.378. The van der Waals surface area contributed by atoms with E-state index in [9.17, 15) is 5.26 Å². The minimum atomic E-state index is -0.334. The maximum Gasteiger partial charge on any atom is 0.244 e. The van der Waals surface area contributed by atoms with Crippen LogP contribution in [-0.2, 0) is 5.41 Å². The smallest absolute Gasteiger partial charge is 0.244 e. The number of H-pyrrole nitrogens is 1. The SMILES string of the molecule is CC(C)n1cc([C@@H]2C(C#N)=C(N)Oc3n[nH]c(C(C)(C)C)c32)cn1. The normalized spacial score (nSPS) is 17.6. The lowest BCUT2D eigenvalue weighted by atomic mass is 9.79. The van der Waals surface area contributed by atoms with Gasteiger partial charge in [0.1, 0.15) is 11.6 Å². The molecule has 0 saturated carbocycles. The second-order valence-corrected chi connectivity index (χ2v) is 7.34. The number of allylic oxidation sites excluding steroid dienone is 1. The summed E-state index contributed by atoms with van der Waals surface area (Å²) in [7, 11) is 0. The molecule has 7 nitrogen and oxygen atoms in total. The van der Waals surface area contributed by atoms with Gasteiger partial charge in [0, 0.05) is 28.9 Å². The Kier molecular flexibility index (Phi) is 3.63. The number of nitrogens with zero attached hydrogens (tertiary/aromatic N) is 4. The van der Waals surface area contributed by atoms with Gasteiger partial charge in [-0.3, -0.25) is 9.78 Å². The van der Waals surface area contributed by atoms with Crippen molar-refractivity contribution in [2.24, 2.45) is 5.73 Å². The summed E-state index contributed by atoms with van der Waals surface area (Å²) in [6.45, 7) is 10.4. The van der Waals surface area contributed by atoms with E-state index in [0.717, 1.165) is 16.8 Å². The molecular weight excluding hydrogens is 304 g/mol. The molecule has 7 heteroatoms. The van der Waals surface area contributed by atoms with Gasteiger partial charge in [-0.15, -0.1) is 5.10 Å². The number of rotatable bonds is 2. The minimum absolute atomic E-state index is 0.0965. The molecule has 0 aromatic carbocycles. The minimum Gasteiger partial charge on any atom is -0.420 e. The Morgan fingerprint density at radius 1 is 1.42 bits per heavy atom. The molecule has 1 aliphatic rings. The molecule has 126 valence electrons. The molecule has 0 spiro atoms. The molecule has 1 atom stereocenters. The lowest BCUT2D eigenvalue weighted by Crippen LogP contribution is -2.23. The van der Waals surface area contributed by atoms with Crippen LogP contribution >= 0.6 is 0 Å². The largest absolute Gasteiger partial charge is 0.420 e. The van der Waals surface area contributed by atoms with Crippen molar-refractivity contribution < 1.29 is 4.74 Å². The zero-order valence-electron chi connectivity index (χ0n) is 14.6. The number of hydrogen-bond donors (Lipinski definition) is 2. The highest BCUT2D eigenvalue weighted by molar-refractivity contribution is 5.55. The van der Waals surface area contributed by atoms with Crippen LogP contribution in [0.4, 0.5) is 0 Å². The molecule has 0 bridgehead atoms. The third-order valence-electron chi connectivity index (χ3n) is 4.17. The van der Waals surface area contributed by atoms with Crippen LogP contribution < -0.4 is 10.5 Å². The van der Waals surface area contributed by atoms with Crippen LogP contribution in [0.15, 0.2) is 23.8 Å². The first-order chi connectivity index (χ1) is 11.2. The number of nitrogens with two attached hydrogens (primary N) is 1. The average molecular weight is 326 g/mol. The van der Waals surface area contributed by atoms with Crippen molar-refractivity contribution >= 4 is 0 Å². The Hall–Kier alpha value is -2.75. The zero-order valence-corrected chi connectivity index (χ0v) is 14.6. The molecule has 1 aliphatic heterocycles. The van der Waals surface area contributed by atoms with Gasteiger partial charge in [-0.25, -0.2) is 0 Å². The molecule has 3 heterocycles. The van der Waals surface area contributed by atoms with E-state index in [0.29, 0.717) is 11.5 Å². The van der Waals surface area contributed by atoms with Crippen molar-refractivity contribution in [1.82, 2.24) is 20.0 Å².